The number of aromatic nitrogens is 12. The molecule has 147 heavy (non-hydrogen) atoms. The van der Waals surface area contributed by atoms with Gasteiger partial charge in [-0.2, -0.15) is 0 Å². The number of fused-ring (bicyclic) bond motifs is 30. The maximum atomic E-state index is 6.43. The number of thiophene rings is 2. The van der Waals surface area contributed by atoms with Gasteiger partial charge in [-0.1, -0.05) is 309 Å². The molecule has 33 rings (SSSR count). The van der Waals surface area contributed by atoms with Crippen LogP contribution < -0.4 is 0 Å². The quantitative estimate of drug-likeness (QED) is 0.141. The van der Waals surface area contributed by atoms with Gasteiger partial charge >= 0.3 is 0 Å². The second kappa shape index (κ2) is 32.6. The molecule has 33 aromatic rings. The summed E-state index contributed by atoms with van der Waals surface area (Å²) in [5, 5.41) is 24.7. The fraction of sp³-hybridized carbons (Fsp3) is 0. The standard InChI is InChI=1S/C44H26N4O.2C44H26N4S/c1-3-13-27(14-4-1)43-31-19-7-10-20-36(31)45-44(46-43)48-38-24-35-30-18-9-12-22-41(30)49-42(35)25-34(38)33-23-32-29-17-8-11-21-37(29)47(39(32)26-40(33)48)28-15-5-2-6-16-28;1-3-13-27(14-4-1)43-31-19-7-10-20-36(31)45-44(46-43)48-37-21-11-8-17-29(37)32-23-33-34-25-42-35(30-18-9-12-22-41(30)49-42)24-38(34)47(39(33)26-40(32)48)28-15-5-2-6-16-28;1-3-13-27(14-4-1)43-31-19-7-10-20-36(31)45-44(46-43)48-38-24-35-30-18-9-12-22-41(30)49-42(35)25-34(38)33-23-32-29-17-8-11-21-37(29)47(39(32)26-40(33)48)28-15-5-2-6-16-28/h3*1-26H. The summed E-state index contributed by atoms with van der Waals surface area (Å²) in [6.07, 6.45) is 0. The average Bonchev–Trinajstić information content (AvgIpc) is 1.55. The van der Waals surface area contributed by atoms with E-state index in [0.717, 1.165) is 166 Å². The van der Waals surface area contributed by atoms with Crippen LogP contribution in [-0.2, 0) is 0 Å². The van der Waals surface area contributed by atoms with Gasteiger partial charge in [-0.3, -0.25) is 13.7 Å². The SMILES string of the molecule is c1ccc(-c2nc(-n3c4cc5c(cc4c4cc6c7ccccc7n(-c7ccccc7)c6cc43)oc3ccccc35)nc3ccccc23)cc1.c1ccc(-c2nc(-n3c4cc5c(cc4c4cc6c7ccccc7n(-c7ccccc7)c6cc43)sc3ccccc35)nc3ccccc23)cc1.c1ccc(-c2nc(-n3c4ccccc4c4cc5c6cc7sc8ccccc8c7cc6n(-c6ccccc6)c5cc43)nc3ccccc23)cc1. The summed E-state index contributed by atoms with van der Waals surface area (Å²) in [6, 6.07) is 168. The molecule has 0 aliphatic carbocycles. The van der Waals surface area contributed by atoms with Crippen LogP contribution in [0.2, 0.25) is 0 Å². The molecular weight excluding hydrogens is 1830 g/mol. The molecule has 0 saturated carbocycles. The number of hydrogen-bond donors (Lipinski definition) is 0. The van der Waals surface area contributed by atoms with Crippen molar-refractivity contribution in [1.29, 1.82) is 0 Å². The van der Waals surface area contributed by atoms with Crippen LogP contribution in [0.4, 0.5) is 0 Å². The van der Waals surface area contributed by atoms with E-state index in [1.165, 1.54) is 111 Å². The third-order valence-corrected chi connectivity index (χ3v) is 32.0. The summed E-state index contributed by atoms with van der Waals surface area (Å²) >= 11 is 3.72. The molecule has 0 amide bonds. The molecule has 0 fully saturated rings. The molecule has 21 aromatic carbocycles. The highest BCUT2D eigenvalue weighted by Crippen LogP contribution is 2.50. The van der Waals surface area contributed by atoms with E-state index in [0.29, 0.717) is 17.8 Å². The van der Waals surface area contributed by atoms with Gasteiger partial charge in [0.2, 0.25) is 17.8 Å². The van der Waals surface area contributed by atoms with E-state index in [2.05, 4.69) is 464 Å². The fourth-order valence-electron chi connectivity index (χ4n) is 23.2. The van der Waals surface area contributed by atoms with Crippen LogP contribution >= 0.6 is 22.7 Å². The van der Waals surface area contributed by atoms with E-state index in [4.69, 9.17) is 34.3 Å². The molecule has 0 saturated heterocycles. The lowest BCUT2D eigenvalue weighted by atomic mass is 10.1. The predicted octanol–water partition coefficient (Wildman–Crippen LogP) is 35.1. The van der Waals surface area contributed by atoms with Gasteiger partial charge in [0.15, 0.2) is 0 Å². The maximum Gasteiger partial charge on any atom is 0.235 e. The number of nitrogens with zero attached hydrogens (tertiary/aromatic N) is 12. The minimum absolute atomic E-state index is 0.631. The molecule has 12 heterocycles. The van der Waals surface area contributed by atoms with Crippen molar-refractivity contribution in [3.63, 3.8) is 0 Å². The Morgan fingerprint density at radius 3 is 0.796 bits per heavy atom. The van der Waals surface area contributed by atoms with Crippen LogP contribution in [0.15, 0.2) is 478 Å². The Labute approximate surface area is 845 Å². The lowest BCUT2D eigenvalue weighted by Gasteiger charge is -2.12. The Morgan fingerprint density at radius 2 is 0.408 bits per heavy atom. The van der Waals surface area contributed by atoms with Gasteiger partial charge in [0.25, 0.3) is 0 Å². The summed E-state index contributed by atoms with van der Waals surface area (Å²) < 4.78 is 25.6. The minimum Gasteiger partial charge on any atom is -0.456 e. The van der Waals surface area contributed by atoms with Crippen molar-refractivity contribution >= 4 is 249 Å². The van der Waals surface area contributed by atoms with Gasteiger partial charge in [-0.25, -0.2) is 29.9 Å². The van der Waals surface area contributed by atoms with Crippen molar-refractivity contribution < 1.29 is 4.42 Å². The van der Waals surface area contributed by atoms with Gasteiger partial charge in [-0.05, 0) is 164 Å². The molecule has 12 aromatic heterocycles. The van der Waals surface area contributed by atoms with Gasteiger partial charge < -0.3 is 18.1 Å². The van der Waals surface area contributed by atoms with Crippen molar-refractivity contribution in [3.05, 3.63) is 473 Å². The second-order valence-corrected chi connectivity index (χ2v) is 40.1. The van der Waals surface area contributed by atoms with Crippen molar-refractivity contribution in [1.82, 2.24) is 57.3 Å². The summed E-state index contributed by atoms with van der Waals surface area (Å²) in [7, 11) is 0. The molecule has 0 atom stereocenters. The van der Waals surface area contributed by atoms with E-state index < -0.39 is 0 Å². The number of para-hydroxylation sites is 10. The smallest absolute Gasteiger partial charge is 0.235 e. The zero-order chi connectivity index (χ0) is 96.2. The van der Waals surface area contributed by atoms with E-state index in [1.54, 1.807) is 0 Å². The van der Waals surface area contributed by atoms with Crippen LogP contribution in [-0.4, -0.2) is 57.3 Å². The average molecular weight is 1910 g/mol. The topological polar surface area (TPSA) is 120 Å². The van der Waals surface area contributed by atoms with E-state index in [-0.39, 0.29) is 0 Å². The van der Waals surface area contributed by atoms with E-state index in [1.807, 2.05) is 59.1 Å². The van der Waals surface area contributed by atoms with E-state index >= 15 is 0 Å². The molecule has 0 aliphatic heterocycles. The Kier molecular flexibility index (Phi) is 18.3. The number of rotatable bonds is 9. The molecule has 0 unspecified atom stereocenters. The summed E-state index contributed by atoms with van der Waals surface area (Å²) in [5.41, 5.74) is 27.2. The molecule has 0 bridgehead atoms. The first-order chi connectivity index (χ1) is 72.9. The lowest BCUT2D eigenvalue weighted by Crippen LogP contribution is -2.03. The Hall–Kier alpha value is -19.3. The first-order valence-corrected chi connectivity index (χ1v) is 51.2. The minimum atomic E-state index is 0.631. The molecule has 0 N–H and O–H groups in total. The van der Waals surface area contributed by atoms with Crippen molar-refractivity contribution in [2.45, 2.75) is 0 Å². The Morgan fingerprint density at radius 1 is 0.150 bits per heavy atom. The maximum absolute atomic E-state index is 6.43. The zero-order valence-electron chi connectivity index (χ0n) is 78.6. The molecule has 13 nitrogen and oxygen atoms in total. The monoisotopic (exact) mass is 1910 g/mol. The molecule has 0 aliphatic rings. The first kappa shape index (κ1) is 82.4. The largest absolute Gasteiger partial charge is 0.456 e. The molecule has 684 valence electrons. The van der Waals surface area contributed by atoms with Gasteiger partial charge in [0, 0.05) is 166 Å². The predicted molar refractivity (Wildman–Crippen MR) is 614 cm³/mol. The molecule has 0 spiro atoms. The van der Waals surface area contributed by atoms with Gasteiger partial charge in [0.05, 0.1) is 99.8 Å². The summed E-state index contributed by atoms with van der Waals surface area (Å²) in [4.78, 5) is 31.8. The fourth-order valence-corrected chi connectivity index (χ4v) is 25.5. The van der Waals surface area contributed by atoms with Gasteiger partial charge in [-0.15, -0.1) is 22.7 Å². The van der Waals surface area contributed by atoms with Crippen LogP contribution in [0.5, 0.6) is 0 Å². The Balaban J connectivity index is 0.0000000999. The zero-order valence-corrected chi connectivity index (χ0v) is 80.3. The highest BCUT2D eigenvalue weighted by molar-refractivity contribution is 7.26. The summed E-state index contributed by atoms with van der Waals surface area (Å²) in [6.45, 7) is 0. The van der Waals surface area contributed by atoms with Crippen molar-refractivity contribution in [3.8, 4) is 68.7 Å². The lowest BCUT2D eigenvalue weighted by molar-refractivity contribution is 0.669. The third-order valence-electron chi connectivity index (χ3n) is 29.7. The second-order valence-electron chi connectivity index (χ2n) is 37.9. The van der Waals surface area contributed by atoms with Crippen LogP contribution in [0.3, 0.4) is 0 Å². The summed E-state index contributed by atoms with van der Waals surface area (Å²) in [5.74, 6) is 1.96. The number of benzene rings is 21. The molecular formula is C132H78N12OS2. The highest BCUT2D eigenvalue weighted by Gasteiger charge is 2.29. The first-order valence-electron chi connectivity index (χ1n) is 49.5. The molecule has 0 radical (unpaired) electrons. The van der Waals surface area contributed by atoms with Crippen LogP contribution in [0.1, 0.15) is 0 Å². The number of hydrogen-bond acceptors (Lipinski definition) is 9. The van der Waals surface area contributed by atoms with Gasteiger partial charge in [0.1, 0.15) is 11.2 Å². The molecule has 15 heteroatoms. The third kappa shape index (κ3) is 12.8. The van der Waals surface area contributed by atoms with Crippen LogP contribution in [0.25, 0.3) is 295 Å². The Bertz CT molecular complexity index is 10900. The van der Waals surface area contributed by atoms with Crippen LogP contribution in [0, 0.1) is 0 Å². The highest BCUT2D eigenvalue weighted by atomic mass is 32.1. The van der Waals surface area contributed by atoms with Crippen molar-refractivity contribution in [2.75, 3.05) is 0 Å². The van der Waals surface area contributed by atoms with Crippen molar-refractivity contribution in [2.24, 2.45) is 0 Å². The number of furan rings is 1. The van der Waals surface area contributed by atoms with E-state index in [9.17, 15) is 0 Å². The normalized spacial score (nSPS) is 12.1.